The van der Waals surface area contributed by atoms with Crippen molar-refractivity contribution in [1.82, 2.24) is 9.97 Å². The number of H-pyrrole nitrogens is 1. The van der Waals surface area contributed by atoms with Crippen molar-refractivity contribution < 1.29 is 0 Å². The number of nitriles is 1. The molecule has 5 heteroatoms. The first kappa shape index (κ1) is 12.0. The highest BCUT2D eigenvalue weighted by molar-refractivity contribution is 5.58. The highest BCUT2D eigenvalue weighted by Gasteiger charge is 2.10. The van der Waals surface area contributed by atoms with Crippen molar-refractivity contribution in [3.63, 3.8) is 0 Å². The van der Waals surface area contributed by atoms with Crippen molar-refractivity contribution in [3.05, 3.63) is 41.2 Å². The minimum absolute atomic E-state index is 0.562. The van der Waals surface area contributed by atoms with Gasteiger partial charge in [0.25, 0.3) is 0 Å². The van der Waals surface area contributed by atoms with Crippen LogP contribution >= 0.6 is 0 Å². The smallest absolute Gasteiger partial charge is 0.171 e. The third kappa shape index (κ3) is 2.43. The van der Waals surface area contributed by atoms with E-state index in [0.29, 0.717) is 17.9 Å². The second kappa shape index (κ2) is 4.80. The van der Waals surface area contributed by atoms with Gasteiger partial charge in [-0.2, -0.15) is 5.26 Å². The topological polar surface area (TPSA) is 81.7 Å². The predicted octanol–water partition coefficient (Wildman–Crippen LogP) is 1.81. The molecule has 5 nitrogen and oxygen atoms in total. The first-order valence-electron chi connectivity index (χ1n) is 5.62. The molecule has 1 aromatic heterocycles. The van der Waals surface area contributed by atoms with Crippen LogP contribution in [0.25, 0.3) is 0 Å². The lowest BCUT2D eigenvalue weighted by Gasteiger charge is -2.17. The Balaban J connectivity index is 2.18. The molecule has 2 rings (SSSR count). The van der Waals surface area contributed by atoms with Gasteiger partial charge in [-0.25, -0.2) is 4.98 Å². The number of nitrogen functional groups attached to an aromatic ring is 1. The zero-order valence-corrected chi connectivity index (χ0v) is 10.4. The molecule has 0 atom stereocenters. The molecule has 0 saturated heterocycles. The molecule has 92 valence electrons. The fourth-order valence-corrected chi connectivity index (χ4v) is 1.88. The number of aryl methyl sites for hydroxylation is 1. The number of aromatic amines is 1. The van der Waals surface area contributed by atoms with Crippen LogP contribution in [-0.2, 0) is 6.54 Å². The van der Waals surface area contributed by atoms with Crippen molar-refractivity contribution in [2.45, 2.75) is 13.5 Å². The lowest BCUT2D eigenvalue weighted by atomic mass is 10.1. The van der Waals surface area contributed by atoms with Gasteiger partial charge in [-0.1, -0.05) is 12.1 Å². The van der Waals surface area contributed by atoms with Crippen LogP contribution in [0.1, 0.15) is 17.0 Å². The number of hydrogen-bond donors (Lipinski definition) is 2. The molecule has 0 aliphatic heterocycles. The number of aromatic nitrogens is 2. The maximum atomic E-state index is 8.86. The van der Waals surface area contributed by atoms with Gasteiger partial charge in [0.1, 0.15) is 11.6 Å². The summed E-state index contributed by atoms with van der Waals surface area (Å²) >= 11 is 0. The zero-order valence-electron chi connectivity index (χ0n) is 10.4. The third-order valence-electron chi connectivity index (χ3n) is 2.67. The molecule has 2 aromatic rings. The maximum Gasteiger partial charge on any atom is 0.171 e. The van der Waals surface area contributed by atoms with E-state index in [1.807, 2.05) is 37.1 Å². The molecule has 0 radical (unpaired) electrons. The van der Waals surface area contributed by atoms with E-state index in [4.69, 9.17) is 11.0 Å². The molecule has 0 amide bonds. The SMILES string of the molecule is Cc1nc(N(C)Cc2cccc(C#N)c2)c(N)[nH]1. The summed E-state index contributed by atoms with van der Waals surface area (Å²) in [7, 11) is 1.92. The van der Waals surface area contributed by atoms with E-state index < -0.39 is 0 Å². The first-order chi connectivity index (χ1) is 8.60. The Bertz CT molecular complexity index is 594. The van der Waals surface area contributed by atoms with Crippen LogP contribution in [0.5, 0.6) is 0 Å². The molecule has 0 aliphatic carbocycles. The molecule has 1 aromatic carbocycles. The number of anilines is 2. The molecule has 18 heavy (non-hydrogen) atoms. The van der Waals surface area contributed by atoms with Crippen LogP contribution in [0.15, 0.2) is 24.3 Å². The molecule has 0 unspecified atom stereocenters. The Kier molecular flexibility index (Phi) is 3.20. The van der Waals surface area contributed by atoms with Gasteiger partial charge in [0.15, 0.2) is 5.82 Å². The summed E-state index contributed by atoms with van der Waals surface area (Å²) in [5.74, 6) is 2.08. The fourth-order valence-electron chi connectivity index (χ4n) is 1.88. The average Bonchev–Trinajstić information content (AvgIpc) is 2.69. The highest BCUT2D eigenvalue weighted by atomic mass is 15.2. The fraction of sp³-hybridized carbons (Fsp3) is 0.231. The average molecular weight is 241 g/mol. The minimum Gasteiger partial charge on any atom is -0.382 e. The molecule has 3 N–H and O–H groups in total. The molecule has 0 bridgehead atoms. The number of nitrogens with zero attached hydrogens (tertiary/aromatic N) is 3. The van der Waals surface area contributed by atoms with Gasteiger partial charge >= 0.3 is 0 Å². The van der Waals surface area contributed by atoms with E-state index in [-0.39, 0.29) is 0 Å². The van der Waals surface area contributed by atoms with Crippen LogP contribution < -0.4 is 10.6 Å². The Morgan fingerprint density at radius 1 is 1.50 bits per heavy atom. The standard InChI is InChI=1S/C13H15N5/c1-9-16-12(15)13(17-9)18(2)8-11-5-3-4-10(6-11)7-14/h3-6H,8,15H2,1-2H3,(H,16,17). The summed E-state index contributed by atoms with van der Waals surface area (Å²) < 4.78 is 0. The van der Waals surface area contributed by atoms with Gasteiger partial charge in [0, 0.05) is 13.6 Å². The van der Waals surface area contributed by atoms with Crippen molar-refractivity contribution in [2.75, 3.05) is 17.7 Å². The van der Waals surface area contributed by atoms with Crippen LogP contribution in [0, 0.1) is 18.3 Å². The maximum absolute atomic E-state index is 8.86. The van der Waals surface area contributed by atoms with Gasteiger partial charge in [-0.15, -0.1) is 0 Å². The second-order valence-electron chi connectivity index (χ2n) is 4.23. The summed E-state index contributed by atoms with van der Waals surface area (Å²) in [5.41, 5.74) is 7.55. The van der Waals surface area contributed by atoms with Crippen molar-refractivity contribution in [1.29, 1.82) is 5.26 Å². The summed E-state index contributed by atoms with van der Waals surface area (Å²) in [6.45, 7) is 2.52. The third-order valence-corrected chi connectivity index (χ3v) is 2.67. The normalized spacial score (nSPS) is 10.1. The summed E-state index contributed by atoms with van der Waals surface area (Å²) in [5, 5.41) is 8.86. The number of nitrogens with two attached hydrogens (primary N) is 1. The summed E-state index contributed by atoms with van der Waals surface area (Å²) in [6, 6.07) is 9.64. The van der Waals surface area contributed by atoms with Crippen molar-refractivity contribution >= 4 is 11.6 Å². The molecule has 0 aliphatic rings. The predicted molar refractivity (Wildman–Crippen MR) is 71.0 cm³/mol. The number of hydrogen-bond acceptors (Lipinski definition) is 4. The van der Waals surface area contributed by atoms with Gasteiger partial charge < -0.3 is 15.6 Å². The number of nitrogens with one attached hydrogen (secondary N) is 1. The highest BCUT2D eigenvalue weighted by Crippen LogP contribution is 2.20. The molecular formula is C13H15N5. The van der Waals surface area contributed by atoms with E-state index in [1.165, 1.54) is 0 Å². The zero-order chi connectivity index (χ0) is 13.1. The van der Waals surface area contributed by atoms with Gasteiger partial charge in [0.2, 0.25) is 0 Å². The Morgan fingerprint density at radius 2 is 2.28 bits per heavy atom. The largest absolute Gasteiger partial charge is 0.382 e. The minimum atomic E-state index is 0.562. The molecule has 0 spiro atoms. The van der Waals surface area contributed by atoms with E-state index >= 15 is 0 Å². The summed E-state index contributed by atoms with van der Waals surface area (Å²) in [6.07, 6.45) is 0. The second-order valence-corrected chi connectivity index (χ2v) is 4.23. The lowest BCUT2D eigenvalue weighted by molar-refractivity contribution is 0.902. The number of rotatable bonds is 3. The monoisotopic (exact) mass is 241 g/mol. The molecule has 0 saturated carbocycles. The molecular weight excluding hydrogens is 226 g/mol. The van der Waals surface area contributed by atoms with Crippen LogP contribution in [0.3, 0.4) is 0 Å². The summed E-state index contributed by atoms with van der Waals surface area (Å²) in [4.78, 5) is 9.25. The Hall–Kier alpha value is -2.48. The van der Waals surface area contributed by atoms with E-state index in [1.54, 1.807) is 6.07 Å². The van der Waals surface area contributed by atoms with E-state index in [0.717, 1.165) is 17.2 Å². The van der Waals surface area contributed by atoms with Crippen LogP contribution in [0.2, 0.25) is 0 Å². The molecule has 0 fully saturated rings. The van der Waals surface area contributed by atoms with E-state index in [9.17, 15) is 0 Å². The Morgan fingerprint density at radius 3 is 2.89 bits per heavy atom. The first-order valence-corrected chi connectivity index (χ1v) is 5.62. The lowest BCUT2D eigenvalue weighted by Crippen LogP contribution is -2.18. The van der Waals surface area contributed by atoms with Crippen LogP contribution in [0.4, 0.5) is 11.6 Å². The van der Waals surface area contributed by atoms with Crippen molar-refractivity contribution in [3.8, 4) is 6.07 Å². The van der Waals surface area contributed by atoms with E-state index in [2.05, 4.69) is 16.0 Å². The number of benzene rings is 1. The van der Waals surface area contributed by atoms with Crippen LogP contribution in [-0.4, -0.2) is 17.0 Å². The molecule has 1 heterocycles. The quantitative estimate of drug-likeness (QED) is 0.858. The van der Waals surface area contributed by atoms with Gasteiger partial charge in [-0.3, -0.25) is 0 Å². The Labute approximate surface area is 106 Å². The number of imidazole rings is 1. The van der Waals surface area contributed by atoms with Gasteiger partial charge in [0.05, 0.1) is 11.6 Å². The van der Waals surface area contributed by atoms with Crippen molar-refractivity contribution in [2.24, 2.45) is 0 Å². The van der Waals surface area contributed by atoms with Gasteiger partial charge in [-0.05, 0) is 24.6 Å².